The zero-order valence-electron chi connectivity index (χ0n) is 14.7. The number of hydrogen-bond acceptors (Lipinski definition) is 3. The van der Waals surface area contributed by atoms with Gasteiger partial charge in [0.1, 0.15) is 11.6 Å². The van der Waals surface area contributed by atoms with Crippen LogP contribution in [0, 0.1) is 11.6 Å². The number of carbonyl (C=O) groups excluding carboxylic acids is 2. The Hall–Kier alpha value is -3.75. The van der Waals surface area contributed by atoms with Gasteiger partial charge in [0.05, 0.1) is 23.4 Å². The van der Waals surface area contributed by atoms with E-state index < -0.39 is 23.9 Å². The van der Waals surface area contributed by atoms with Crippen LogP contribution < -0.4 is 10.6 Å². The van der Waals surface area contributed by atoms with Gasteiger partial charge in [-0.1, -0.05) is 12.1 Å². The zero-order valence-corrected chi connectivity index (χ0v) is 14.7. The second-order valence-electron chi connectivity index (χ2n) is 6.34. The first-order chi connectivity index (χ1) is 13.4. The van der Waals surface area contributed by atoms with Crippen LogP contribution in [0.4, 0.5) is 24.1 Å². The van der Waals surface area contributed by atoms with E-state index in [2.05, 4.69) is 20.8 Å². The Morgan fingerprint density at radius 2 is 1.96 bits per heavy atom. The molecule has 7 nitrogen and oxygen atoms in total. The molecule has 1 aliphatic heterocycles. The number of nitrogens with one attached hydrogen (secondary N) is 3. The summed E-state index contributed by atoms with van der Waals surface area (Å²) in [4.78, 5) is 25.9. The summed E-state index contributed by atoms with van der Waals surface area (Å²) in [5.74, 6) is -1.04. The van der Waals surface area contributed by atoms with Crippen molar-refractivity contribution >= 4 is 28.7 Å². The van der Waals surface area contributed by atoms with Crippen LogP contribution in [-0.2, 0) is 0 Å². The van der Waals surface area contributed by atoms with Crippen LogP contribution >= 0.6 is 0 Å². The fourth-order valence-electron chi connectivity index (χ4n) is 3.05. The lowest BCUT2D eigenvalue weighted by Crippen LogP contribution is -2.48. The summed E-state index contributed by atoms with van der Waals surface area (Å²) in [6, 6.07) is 6.34. The van der Waals surface area contributed by atoms with E-state index >= 15 is 0 Å². The minimum Gasteiger partial charge on any atom is -0.327 e. The minimum absolute atomic E-state index is 0.0693. The molecule has 0 saturated heterocycles. The maximum absolute atomic E-state index is 14.2. The topological polar surface area (TPSA) is 90.1 Å². The van der Waals surface area contributed by atoms with Gasteiger partial charge in [0, 0.05) is 17.1 Å². The molecule has 0 saturated carbocycles. The summed E-state index contributed by atoms with van der Waals surface area (Å²) >= 11 is 0. The number of carbonyl (C=O) groups is 2. The fourth-order valence-corrected chi connectivity index (χ4v) is 3.05. The molecule has 0 aliphatic carbocycles. The summed E-state index contributed by atoms with van der Waals surface area (Å²) in [5.41, 5.74) is 1.45. The van der Waals surface area contributed by atoms with Crippen LogP contribution in [0.15, 0.2) is 54.4 Å². The van der Waals surface area contributed by atoms with E-state index in [1.54, 1.807) is 25.1 Å². The first kappa shape index (κ1) is 17.7. The van der Waals surface area contributed by atoms with Crippen LogP contribution in [0.2, 0.25) is 0 Å². The molecule has 1 atom stereocenters. The molecule has 4 amide bonds. The molecule has 1 aliphatic rings. The van der Waals surface area contributed by atoms with E-state index in [1.807, 2.05) is 0 Å². The van der Waals surface area contributed by atoms with Crippen molar-refractivity contribution in [2.45, 2.75) is 13.0 Å². The number of urea groups is 2. The number of H-pyrrole nitrogens is 1. The molecule has 0 bridgehead atoms. The van der Waals surface area contributed by atoms with Gasteiger partial charge < -0.3 is 10.6 Å². The molecule has 0 radical (unpaired) electrons. The standard InChI is InChI=1S/C19H15F2N5O2/c1-10-6-15(11-2-4-13(20)5-3-11)23-18(27)26(10)19(28)24-17-7-12-9-22-25-16(12)8-14(17)21/h2-9,15H,1H3,(H,22,25)(H,23,27)(H,24,28). The van der Waals surface area contributed by atoms with Gasteiger partial charge in [0.15, 0.2) is 0 Å². The number of benzene rings is 2. The number of halogens is 2. The lowest BCUT2D eigenvalue weighted by atomic mass is 10.0. The Morgan fingerprint density at radius 3 is 2.68 bits per heavy atom. The number of hydrogen-bond donors (Lipinski definition) is 3. The molecule has 3 N–H and O–H groups in total. The molecule has 142 valence electrons. The number of nitrogens with zero attached hydrogens (tertiary/aromatic N) is 2. The summed E-state index contributed by atoms with van der Waals surface area (Å²) in [6.07, 6.45) is 3.15. The van der Waals surface area contributed by atoms with Crippen LogP contribution in [0.5, 0.6) is 0 Å². The number of imide groups is 1. The van der Waals surface area contributed by atoms with Crippen molar-refractivity contribution in [2.24, 2.45) is 0 Å². The molecule has 1 aromatic heterocycles. The highest BCUT2D eigenvalue weighted by Gasteiger charge is 2.30. The number of allylic oxidation sites excluding steroid dienone is 1. The predicted octanol–water partition coefficient (Wildman–Crippen LogP) is 4.04. The largest absolute Gasteiger partial charge is 0.334 e. The average Bonchev–Trinajstić information content (AvgIpc) is 3.09. The molecule has 2 heterocycles. The smallest absolute Gasteiger partial charge is 0.327 e. The molecule has 0 fully saturated rings. The van der Waals surface area contributed by atoms with Crippen molar-refractivity contribution < 1.29 is 18.4 Å². The first-order valence-corrected chi connectivity index (χ1v) is 8.40. The summed E-state index contributed by atoms with van der Waals surface area (Å²) in [5, 5.41) is 12.1. The van der Waals surface area contributed by atoms with E-state index in [-0.39, 0.29) is 11.5 Å². The van der Waals surface area contributed by atoms with Crippen LogP contribution in [-0.4, -0.2) is 27.2 Å². The van der Waals surface area contributed by atoms with Crippen LogP contribution in [0.3, 0.4) is 0 Å². The number of fused-ring (bicyclic) bond motifs is 1. The lowest BCUT2D eigenvalue weighted by Gasteiger charge is -2.30. The van der Waals surface area contributed by atoms with E-state index in [0.717, 1.165) is 4.90 Å². The van der Waals surface area contributed by atoms with Gasteiger partial charge in [-0.25, -0.2) is 23.3 Å². The Labute approximate surface area is 158 Å². The molecule has 9 heteroatoms. The highest BCUT2D eigenvalue weighted by molar-refractivity contribution is 6.03. The first-order valence-electron chi connectivity index (χ1n) is 8.40. The summed E-state index contributed by atoms with van der Waals surface area (Å²) < 4.78 is 27.3. The fraction of sp³-hybridized carbons (Fsp3) is 0.105. The lowest BCUT2D eigenvalue weighted by molar-refractivity contribution is 0.199. The van der Waals surface area contributed by atoms with Gasteiger partial charge in [-0.3, -0.25) is 5.10 Å². The van der Waals surface area contributed by atoms with Gasteiger partial charge in [0.25, 0.3) is 0 Å². The quantitative estimate of drug-likeness (QED) is 0.624. The Kier molecular flexibility index (Phi) is 4.26. The number of aromatic nitrogens is 2. The van der Waals surface area contributed by atoms with Gasteiger partial charge in [0.2, 0.25) is 0 Å². The zero-order chi connectivity index (χ0) is 19.8. The van der Waals surface area contributed by atoms with Crippen LogP contribution in [0.25, 0.3) is 10.9 Å². The predicted molar refractivity (Wildman–Crippen MR) is 98.3 cm³/mol. The van der Waals surface area contributed by atoms with E-state index in [4.69, 9.17) is 0 Å². The van der Waals surface area contributed by atoms with Crippen molar-refractivity contribution in [3.8, 4) is 0 Å². The number of amides is 4. The van der Waals surface area contributed by atoms with Gasteiger partial charge in [-0.15, -0.1) is 0 Å². The van der Waals surface area contributed by atoms with Crippen molar-refractivity contribution in [3.05, 3.63) is 71.6 Å². The van der Waals surface area contributed by atoms with Crippen LogP contribution in [0.1, 0.15) is 18.5 Å². The molecular weight excluding hydrogens is 368 g/mol. The van der Waals surface area contributed by atoms with Gasteiger partial charge >= 0.3 is 12.1 Å². The molecule has 3 aromatic rings. The van der Waals surface area contributed by atoms with E-state index in [9.17, 15) is 18.4 Å². The third-order valence-corrected chi connectivity index (χ3v) is 4.44. The highest BCUT2D eigenvalue weighted by Crippen LogP contribution is 2.25. The second kappa shape index (κ2) is 6.76. The summed E-state index contributed by atoms with van der Waals surface area (Å²) in [6.45, 7) is 1.59. The van der Waals surface area contributed by atoms with Crippen molar-refractivity contribution in [3.63, 3.8) is 0 Å². The SMILES string of the molecule is CC1=CC(c2ccc(F)cc2)NC(=O)N1C(=O)Nc1cc2cn[nH]c2cc1F. The number of aromatic amines is 1. The number of rotatable bonds is 2. The molecular formula is C19H15F2N5O2. The third-order valence-electron chi connectivity index (χ3n) is 4.44. The van der Waals surface area contributed by atoms with E-state index in [1.165, 1.54) is 30.5 Å². The van der Waals surface area contributed by atoms with Gasteiger partial charge in [-0.2, -0.15) is 5.10 Å². The molecule has 28 heavy (non-hydrogen) atoms. The molecule has 2 aromatic carbocycles. The Morgan fingerprint density at radius 1 is 1.21 bits per heavy atom. The molecule has 4 rings (SSSR count). The van der Waals surface area contributed by atoms with E-state index in [0.29, 0.717) is 22.2 Å². The van der Waals surface area contributed by atoms with Crippen molar-refractivity contribution in [1.29, 1.82) is 0 Å². The normalized spacial score (nSPS) is 16.7. The van der Waals surface area contributed by atoms with Crippen molar-refractivity contribution in [1.82, 2.24) is 20.4 Å². The third kappa shape index (κ3) is 3.18. The Bertz CT molecular complexity index is 1110. The average molecular weight is 383 g/mol. The van der Waals surface area contributed by atoms with Crippen molar-refractivity contribution in [2.75, 3.05) is 5.32 Å². The second-order valence-corrected chi connectivity index (χ2v) is 6.34. The monoisotopic (exact) mass is 383 g/mol. The maximum atomic E-state index is 14.2. The van der Waals surface area contributed by atoms with Gasteiger partial charge in [-0.05, 0) is 36.8 Å². The molecule has 0 spiro atoms. The number of anilines is 1. The summed E-state index contributed by atoms with van der Waals surface area (Å²) in [7, 11) is 0. The molecule has 1 unspecified atom stereocenters. The highest BCUT2D eigenvalue weighted by atomic mass is 19.1. The minimum atomic E-state index is -0.800. The maximum Gasteiger partial charge on any atom is 0.334 e. The Balaban J connectivity index is 1.57.